The van der Waals surface area contributed by atoms with Crippen LogP contribution >= 0.6 is 0 Å². The van der Waals surface area contributed by atoms with Crippen LogP contribution in [-0.4, -0.2) is 21.9 Å². The second-order valence-electron chi connectivity index (χ2n) is 16.2. The molecule has 1 aromatic heterocycles. The summed E-state index contributed by atoms with van der Waals surface area (Å²) in [6, 6.07) is 60.6. The summed E-state index contributed by atoms with van der Waals surface area (Å²) >= 11 is 0. The number of aliphatic imine (C=N–C) groups is 1. The van der Waals surface area contributed by atoms with E-state index in [1.54, 1.807) is 0 Å². The number of aromatic nitrogens is 1. The third-order valence-electron chi connectivity index (χ3n) is 12.7. The summed E-state index contributed by atoms with van der Waals surface area (Å²) in [6.07, 6.45) is 2.06. The van der Waals surface area contributed by atoms with E-state index in [0.29, 0.717) is 0 Å². The number of pyridine rings is 1. The van der Waals surface area contributed by atoms with E-state index in [2.05, 4.69) is 210 Å². The van der Waals surface area contributed by atoms with E-state index < -0.39 is 5.41 Å². The first kappa shape index (κ1) is 33.3. The summed E-state index contributed by atoms with van der Waals surface area (Å²) in [5.74, 6) is 1.91. The summed E-state index contributed by atoms with van der Waals surface area (Å²) in [6.45, 7) is 11.0. The lowest BCUT2D eigenvalue weighted by Gasteiger charge is -2.40. The van der Waals surface area contributed by atoms with E-state index in [1.807, 2.05) is 0 Å². The Morgan fingerprint density at radius 1 is 0.491 bits per heavy atom. The molecule has 0 saturated heterocycles. The maximum absolute atomic E-state index is 5.15. The van der Waals surface area contributed by atoms with Crippen LogP contribution in [0.1, 0.15) is 56.9 Å². The molecule has 55 heavy (non-hydrogen) atoms. The number of hydrogen-bond donors (Lipinski definition) is 0. The first-order chi connectivity index (χ1) is 26.7. The minimum atomic E-state index is -0.565. The number of anilines is 1. The molecular formula is C52H43N3. The van der Waals surface area contributed by atoms with Crippen molar-refractivity contribution >= 4 is 33.2 Å². The molecule has 1 aliphatic heterocycles. The summed E-state index contributed by atoms with van der Waals surface area (Å²) in [5, 5.41) is 4.96. The van der Waals surface area contributed by atoms with Crippen molar-refractivity contribution in [1.29, 1.82) is 0 Å². The van der Waals surface area contributed by atoms with Gasteiger partial charge in [0.15, 0.2) is 0 Å². The Balaban J connectivity index is 1.24. The minimum Gasteiger partial charge on any atom is -0.307 e. The number of nitrogens with zero attached hydrogens (tertiary/aromatic N) is 3. The van der Waals surface area contributed by atoms with Gasteiger partial charge in [0.05, 0.1) is 16.5 Å². The second kappa shape index (κ2) is 12.1. The van der Waals surface area contributed by atoms with E-state index in [9.17, 15) is 0 Å². The Kier molecular flexibility index (Phi) is 7.32. The lowest BCUT2D eigenvalue weighted by molar-refractivity contribution is 0.337. The van der Waals surface area contributed by atoms with Crippen LogP contribution in [-0.2, 0) is 5.41 Å². The quantitative estimate of drug-likeness (QED) is 0.178. The van der Waals surface area contributed by atoms with Crippen molar-refractivity contribution in [2.24, 2.45) is 4.99 Å². The molecule has 0 unspecified atom stereocenters. The molecule has 3 heteroatoms. The molecule has 0 radical (unpaired) electrons. The van der Waals surface area contributed by atoms with Gasteiger partial charge in [-0.3, -0.25) is 4.99 Å². The highest BCUT2D eigenvalue weighted by atomic mass is 15.4. The highest BCUT2D eigenvalue weighted by Gasteiger charge is 2.49. The lowest BCUT2D eigenvalue weighted by atomic mass is 9.67. The van der Waals surface area contributed by atoms with Gasteiger partial charge in [0.1, 0.15) is 11.7 Å². The number of amidine groups is 1. The van der Waals surface area contributed by atoms with E-state index >= 15 is 0 Å². The molecule has 0 bridgehead atoms. The van der Waals surface area contributed by atoms with E-state index in [-0.39, 0.29) is 11.1 Å². The molecule has 0 fully saturated rings. The zero-order valence-electron chi connectivity index (χ0n) is 32.0. The smallest absolute Gasteiger partial charge is 0.134 e. The fraction of sp³-hybridized carbons (Fsp3) is 0.154. The molecule has 0 N–H and O–H groups in total. The standard InChI is InChI=1S/C52H43N3/c1-34-54-50(2,3)51(4,5)55(34)48-29-27-39(33-53-48)45-32-47-49(43-23-15-14-22-42(43)45)44-28-26-38(37-25-24-35-16-12-13-17-36(35)30-37)31-46(44)52(47,40-18-8-6-9-19-40)41-20-10-7-11-21-41/h6-33H,1-5H3. The third-order valence-corrected chi connectivity index (χ3v) is 12.7. The van der Waals surface area contributed by atoms with Crippen LogP contribution in [0.15, 0.2) is 175 Å². The molecule has 1 aliphatic carbocycles. The second-order valence-corrected chi connectivity index (χ2v) is 16.2. The number of benzene rings is 7. The van der Waals surface area contributed by atoms with Crippen LogP contribution < -0.4 is 4.90 Å². The van der Waals surface area contributed by atoms with Gasteiger partial charge in [0.25, 0.3) is 0 Å². The average Bonchev–Trinajstić information content (AvgIpc) is 3.60. The molecule has 0 saturated carbocycles. The molecule has 7 aromatic carbocycles. The largest absolute Gasteiger partial charge is 0.307 e. The highest BCUT2D eigenvalue weighted by molar-refractivity contribution is 6.10. The van der Waals surface area contributed by atoms with Crippen molar-refractivity contribution in [2.45, 2.75) is 51.1 Å². The van der Waals surface area contributed by atoms with Gasteiger partial charge in [-0.05, 0) is 137 Å². The van der Waals surface area contributed by atoms with Gasteiger partial charge in [-0.25, -0.2) is 4.98 Å². The summed E-state index contributed by atoms with van der Waals surface area (Å²) in [5.41, 5.74) is 11.4. The normalized spacial score (nSPS) is 16.2. The van der Waals surface area contributed by atoms with Crippen molar-refractivity contribution in [3.8, 4) is 33.4 Å². The Bertz CT molecular complexity index is 2770. The lowest BCUT2D eigenvalue weighted by Crippen LogP contribution is -2.53. The number of hydrogen-bond acceptors (Lipinski definition) is 3. The molecule has 0 spiro atoms. The Hall–Kier alpha value is -6.32. The van der Waals surface area contributed by atoms with E-state index in [0.717, 1.165) is 17.2 Å². The van der Waals surface area contributed by atoms with Gasteiger partial charge in [-0.2, -0.15) is 0 Å². The van der Waals surface area contributed by atoms with E-state index in [4.69, 9.17) is 9.98 Å². The molecular weight excluding hydrogens is 667 g/mol. The predicted molar refractivity (Wildman–Crippen MR) is 231 cm³/mol. The molecule has 10 rings (SSSR count). The number of rotatable bonds is 5. The van der Waals surface area contributed by atoms with Crippen LogP contribution in [0, 0.1) is 0 Å². The minimum absolute atomic E-state index is 0.214. The van der Waals surface area contributed by atoms with Crippen LogP contribution in [0.4, 0.5) is 5.82 Å². The third kappa shape index (κ3) is 4.82. The van der Waals surface area contributed by atoms with Crippen LogP contribution in [0.5, 0.6) is 0 Å². The van der Waals surface area contributed by atoms with Gasteiger partial charge >= 0.3 is 0 Å². The average molecular weight is 710 g/mol. The van der Waals surface area contributed by atoms with Crippen molar-refractivity contribution < 1.29 is 0 Å². The van der Waals surface area contributed by atoms with Gasteiger partial charge in [-0.1, -0.05) is 133 Å². The Labute approximate surface area is 323 Å². The van der Waals surface area contributed by atoms with Crippen molar-refractivity contribution in [3.05, 3.63) is 192 Å². The van der Waals surface area contributed by atoms with Gasteiger partial charge in [-0.15, -0.1) is 0 Å². The Morgan fingerprint density at radius 2 is 1.09 bits per heavy atom. The molecule has 2 heterocycles. The van der Waals surface area contributed by atoms with Crippen molar-refractivity contribution in [3.63, 3.8) is 0 Å². The van der Waals surface area contributed by atoms with Crippen molar-refractivity contribution in [2.75, 3.05) is 4.90 Å². The molecule has 3 nitrogen and oxygen atoms in total. The molecule has 0 amide bonds. The fourth-order valence-corrected chi connectivity index (χ4v) is 9.53. The van der Waals surface area contributed by atoms with Crippen LogP contribution in [0.2, 0.25) is 0 Å². The summed E-state index contributed by atoms with van der Waals surface area (Å²) in [4.78, 5) is 12.5. The summed E-state index contributed by atoms with van der Waals surface area (Å²) in [7, 11) is 0. The molecule has 266 valence electrons. The maximum Gasteiger partial charge on any atom is 0.134 e. The van der Waals surface area contributed by atoms with Gasteiger partial charge in [0, 0.05) is 11.8 Å². The maximum atomic E-state index is 5.15. The van der Waals surface area contributed by atoms with Gasteiger partial charge < -0.3 is 4.90 Å². The zero-order valence-corrected chi connectivity index (χ0v) is 32.0. The topological polar surface area (TPSA) is 28.5 Å². The van der Waals surface area contributed by atoms with E-state index in [1.165, 1.54) is 71.6 Å². The number of fused-ring (bicyclic) bond motifs is 6. The SMILES string of the molecule is CC1=NC(C)(C)C(C)(C)N1c1ccc(-c2cc3c(c4ccccc24)-c2ccc(-c4ccc5ccccc5c4)cc2C3(c2ccccc2)c2ccccc2)cn1. The first-order valence-corrected chi connectivity index (χ1v) is 19.3. The molecule has 0 atom stereocenters. The predicted octanol–water partition coefficient (Wildman–Crippen LogP) is 12.9. The summed E-state index contributed by atoms with van der Waals surface area (Å²) < 4.78 is 0. The highest BCUT2D eigenvalue weighted by Crippen LogP contribution is 2.59. The van der Waals surface area contributed by atoms with Gasteiger partial charge in [0.2, 0.25) is 0 Å². The van der Waals surface area contributed by atoms with Crippen molar-refractivity contribution in [1.82, 2.24) is 4.98 Å². The van der Waals surface area contributed by atoms with Crippen LogP contribution in [0.25, 0.3) is 54.9 Å². The molecule has 8 aromatic rings. The zero-order chi connectivity index (χ0) is 37.5. The monoisotopic (exact) mass is 709 g/mol. The fourth-order valence-electron chi connectivity index (χ4n) is 9.53. The first-order valence-electron chi connectivity index (χ1n) is 19.3. The Morgan fingerprint density at radius 3 is 1.75 bits per heavy atom. The molecule has 2 aliphatic rings. The van der Waals surface area contributed by atoms with Crippen LogP contribution in [0.3, 0.4) is 0 Å².